The highest BCUT2D eigenvalue weighted by atomic mass is 19.1. The van der Waals surface area contributed by atoms with Crippen LogP contribution in [0.5, 0.6) is 0 Å². The van der Waals surface area contributed by atoms with Gasteiger partial charge in [-0.1, -0.05) is 18.2 Å². The molecule has 1 N–H and O–H groups in total. The molecule has 2 aromatic carbocycles. The number of rotatable bonds is 5. The van der Waals surface area contributed by atoms with Crippen LogP contribution in [-0.4, -0.2) is 20.7 Å². The molecule has 0 fully saturated rings. The fraction of sp³-hybridized carbons (Fsp3) is 0.0870. The first-order valence-electron chi connectivity index (χ1n) is 9.21. The number of hydrogen-bond acceptors (Lipinski definition) is 3. The molecule has 4 rings (SSSR count). The minimum Gasteiger partial charge on any atom is -0.345 e. The molecule has 2 heterocycles. The van der Waals surface area contributed by atoms with Crippen LogP contribution < -0.4 is 5.32 Å². The van der Waals surface area contributed by atoms with E-state index in [2.05, 4.69) is 15.4 Å². The van der Waals surface area contributed by atoms with Gasteiger partial charge in [-0.25, -0.2) is 9.07 Å². The predicted octanol–water partition coefficient (Wildman–Crippen LogP) is 4.31. The Hall–Kier alpha value is -3.80. The van der Waals surface area contributed by atoms with Crippen LogP contribution >= 0.6 is 0 Å². The molecule has 29 heavy (non-hydrogen) atoms. The summed E-state index contributed by atoms with van der Waals surface area (Å²) in [6.07, 6.45) is 1.69. The van der Waals surface area contributed by atoms with E-state index in [0.717, 1.165) is 22.5 Å². The maximum atomic E-state index is 13.3. The zero-order valence-corrected chi connectivity index (χ0v) is 15.8. The highest BCUT2D eigenvalue weighted by Crippen LogP contribution is 2.22. The van der Waals surface area contributed by atoms with Crippen molar-refractivity contribution in [1.82, 2.24) is 20.1 Å². The van der Waals surface area contributed by atoms with Crippen LogP contribution in [0.3, 0.4) is 0 Å². The summed E-state index contributed by atoms with van der Waals surface area (Å²) in [5.41, 5.74) is 4.32. The highest BCUT2D eigenvalue weighted by molar-refractivity contribution is 5.94. The van der Waals surface area contributed by atoms with Crippen molar-refractivity contribution < 1.29 is 9.18 Å². The Labute approximate surface area is 167 Å². The second-order valence-corrected chi connectivity index (χ2v) is 6.68. The van der Waals surface area contributed by atoms with Crippen LogP contribution in [0.1, 0.15) is 21.7 Å². The number of nitrogens with one attached hydrogen (secondary N) is 1. The quantitative estimate of drug-likeness (QED) is 0.556. The molecule has 0 bridgehead atoms. The first-order valence-corrected chi connectivity index (χ1v) is 9.21. The molecule has 0 atom stereocenters. The highest BCUT2D eigenvalue weighted by Gasteiger charge is 2.18. The average molecular weight is 386 g/mol. The molecular formula is C23H19FN4O. The van der Waals surface area contributed by atoms with Gasteiger partial charge in [0.25, 0.3) is 5.91 Å². The van der Waals surface area contributed by atoms with Gasteiger partial charge in [-0.2, -0.15) is 5.10 Å². The van der Waals surface area contributed by atoms with Gasteiger partial charge in [-0.05, 0) is 67.1 Å². The topological polar surface area (TPSA) is 59.8 Å². The van der Waals surface area contributed by atoms with Gasteiger partial charge in [0, 0.05) is 11.8 Å². The Morgan fingerprint density at radius 2 is 1.86 bits per heavy atom. The summed E-state index contributed by atoms with van der Waals surface area (Å²) >= 11 is 0. The van der Waals surface area contributed by atoms with Crippen molar-refractivity contribution >= 4 is 5.91 Å². The minimum atomic E-state index is -0.319. The molecule has 0 aliphatic rings. The molecule has 0 aliphatic heterocycles. The maximum Gasteiger partial charge on any atom is 0.270 e. The average Bonchev–Trinajstić information content (AvgIpc) is 3.19. The number of benzene rings is 2. The number of hydrogen-bond donors (Lipinski definition) is 1. The van der Waals surface area contributed by atoms with Gasteiger partial charge >= 0.3 is 0 Å². The largest absolute Gasteiger partial charge is 0.345 e. The summed E-state index contributed by atoms with van der Waals surface area (Å²) in [5.74, 6) is -0.585. The fourth-order valence-electron chi connectivity index (χ4n) is 3.03. The summed E-state index contributed by atoms with van der Waals surface area (Å²) in [7, 11) is 0. The molecule has 4 aromatic rings. The zero-order chi connectivity index (χ0) is 20.2. The summed E-state index contributed by atoms with van der Waals surface area (Å²) in [4.78, 5) is 17.2. The molecule has 0 aliphatic carbocycles. The summed E-state index contributed by atoms with van der Waals surface area (Å²) < 4.78 is 14.9. The third-order valence-corrected chi connectivity index (χ3v) is 4.48. The molecule has 0 unspecified atom stereocenters. The van der Waals surface area contributed by atoms with Crippen molar-refractivity contribution in [3.05, 3.63) is 102 Å². The van der Waals surface area contributed by atoms with E-state index in [1.165, 1.54) is 12.1 Å². The van der Waals surface area contributed by atoms with Crippen LogP contribution in [-0.2, 0) is 6.54 Å². The van der Waals surface area contributed by atoms with E-state index in [1.54, 1.807) is 29.1 Å². The molecular weight excluding hydrogens is 367 g/mol. The van der Waals surface area contributed by atoms with Crippen molar-refractivity contribution in [3.8, 4) is 16.9 Å². The maximum absolute atomic E-state index is 13.3. The van der Waals surface area contributed by atoms with Gasteiger partial charge in [0.05, 0.1) is 23.6 Å². The number of amides is 1. The Balaban J connectivity index is 1.70. The van der Waals surface area contributed by atoms with Crippen LogP contribution in [0.15, 0.2) is 79.0 Å². The Bertz CT molecular complexity index is 1140. The van der Waals surface area contributed by atoms with E-state index >= 15 is 0 Å². The van der Waals surface area contributed by atoms with E-state index in [0.29, 0.717) is 17.9 Å². The third-order valence-electron chi connectivity index (χ3n) is 4.48. The van der Waals surface area contributed by atoms with Gasteiger partial charge < -0.3 is 5.32 Å². The lowest BCUT2D eigenvalue weighted by molar-refractivity contribution is 0.0942. The van der Waals surface area contributed by atoms with Gasteiger partial charge in [0.15, 0.2) is 0 Å². The molecule has 0 radical (unpaired) electrons. The summed E-state index contributed by atoms with van der Waals surface area (Å²) in [6, 6.07) is 21.1. The van der Waals surface area contributed by atoms with Crippen LogP contribution in [0, 0.1) is 12.7 Å². The zero-order valence-electron chi connectivity index (χ0n) is 15.8. The third kappa shape index (κ3) is 4.21. The number of aryl methyl sites for hydroxylation is 1. The molecule has 6 heteroatoms. The van der Waals surface area contributed by atoms with Crippen LogP contribution in [0.25, 0.3) is 16.9 Å². The first kappa shape index (κ1) is 18.6. The van der Waals surface area contributed by atoms with E-state index in [9.17, 15) is 9.18 Å². The molecule has 144 valence electrons. The Morgan fingerprint density at radius 3 is 2.59 bits per heavy atom. The second-order valence-electron chi connectivity index (χ2n) is 6.68. The van der Waals surface area contributed by atoms with Crippen LogP contribution in [0.4, 0.5) is 4.39 Å². The number of aromatic nitrogens is 3. The summed E-state index contributed by atoms with van der Waals surface area (Å²) in [5, 5.41) is 7.51. The van der Waals surface area contributed by atoms with Crippen molar-refractivity contribution in [2.75, 3.05) is 0 Å². The van der Waals surface area contributed by atoms with Crippen LogP contribution in [0.2, 0.25) is 0 Å². The van der Waals surface area contributed by atoms with Gasteiger partial charge in [0.2, 0.25) is 0 Å². The number of carbonyl (C=O) groups is 1. The normalized spacial score (nSPS) is 10.7. The van der Waals surface area contributed by atoms with Gasteiger partial charge in [0.1, 0.15) is 11.5 Å². The summed E-state index contributed by atoms with van der Waals surface area (Å²) in [6.45, 7) is 2.29. The fourth-order valence-corrected chi connectivity index (χ4v) is 3.03. The predicted molar refractivity (Wildman–Crippen MR) is 109 cm³/mol. The van der Waals surface area contributed by atoms with Gasteiger partial charge in [-0.15, -0.1) is 0 Å². The van der Waals surface area contributed by atoms with Crippen molar-refractivity contribution in [2.24, 2.45) is 0 Å². The molecule has 2 aromatic heterocycles. The van der Waals surface area contributed by atoms with E-state index in [-0.39, 0.29) is 11.7 Å². The minimum absolute atomic E-state index is 0.266. The molecule has 0 spiro atoms. The van der Waals surface area contributed by atoms with Crippen molar-refractivity contribution in [2.45, 2.75) is 13.5 Å². The lowest BCUT2D eigenvalue weighted by atomic mass is 10.1. The van der Waals surface area contributed by atoms with Crippen molar-refractivity contribution in [1.29, 1.82) is 0 Å². The number of carbonyl (C=O) groups excluding carboxylic acids is 1. The molecule has 0 saturated carbocycles. The molecule has 5 nitrogen and oxygen atoms in total. The number of pyridine rings is 1. The smallest absolute Gasteiger partial charge is 0.270 e. The van der Waals surface area contributed by atoms with E-state index < -0.39 is 0 Å². The van der Waals surface area contributed by atoms with Crippen molar-refractivity contribution in [3.63, 3.8) is 0 Å². The van der Waals surface area contributed by atoms with Gasteiger partial charge in [-0.3, -0.25) is 9.78 Å². The Kier molecular flexibility index (Phi) is 5.16. The van der Waals surface area contributed by atoms with E-state index in [4.69, 9.17) is 0 Å². The number of nitrogens with zero attached hydrogens (tertiary/aromatic N) is 3. The molecule has 1 amide bonds. The first-order chi connectivity index (χ1) is 14.1. The monoisotopic (exact) mass is 386 g/mol. The standard InChI is InChI=1S/C23H19FN4O/c1-16-5-4-7-20(13-16)28-22(23(29)26-15-19-6-2-3-12-25-19)14-21(27-28)17-8-10-18(24)11-9-17/h2-14H,15H2,1H3,(H,26,29). The molecule has 0 saturated heterocycles. The lowest BCUT2D eigenvalue weighted by Gasteiger charge is -2.09. The Morgan fingerprint density at radius 1 is 1.03 bits per heavy atom. The lowest BCUT2D eigenvalue weighted by Crippen LogP contribution is -2.25. The second kappa shape index (κ2) is 8.06. The number of halogens is 1. The SMILES string of the molecule is Cc1cccc(-n2nc(-c3ccc(F)cc3)cc2C(=O)NCc2ccccn2)c1. The van der Waals surface area contributed by atoms with E-state index in [1.807, 2.05) is 49.4 Å².